The fraction of sp³-hybridized carbons (Fsp3) is 0.381. The molecule has 2 aromatic rings. The van der Waals surface area contributed by atoms with E-state index < -0.39 is 0 Å². The van der Waals surface area contributed by atoms with Crippen molar-refractivity contribution >= 4 is 5.91 Å². The molecule has 2 aromatic carbocycles. The summed E-state index contributed by atoms with van der Waals surface area (Å²) in [6, 6.07) is 12.8. The normalized spacial score (nSPS) is 12.0. The predicted octanol–water partition coefficient (Wildman–Crippen LogP) is 4.73. The van der Waals surface area contributed by atoms with Gasteiger partial charge in [-0.3, -0.25) is 4.79 Å². The maximum Gasteiger partial charge on any atom is 0.224 e. The Labute approximate surface area is 139 Å². The minimum absolute atomic E-state index is 0.0764. The fourth-order valence-electron chi connectivity index (χ4n) is 2.86. The first-order valence-corrected chi connectivity index (χ1v) is 8.33. The Morgan fingerprint density at radius 2 is 1.70 bits per heavy atom. The Balaban J connectivity index is 2.08. The molecule has 0 aromatic heterocycles. The van der Waals surface area contributed by atoms with Gasteiger partial charge in [-0.2, -0.15) is 0 Å². The third-order valence-electron chi connectivity index (χ3n) is 4.53. The van der Waals surface area contributed by atoms with Gasteiger partial charge in [0.2, 0.25) is 5.91 Å². The van der Waals surface area contributed by atoms with E-state index >= 15 is 0 Å². The molecule has 1 N–H and O–H groups in total. The van der Waals surface area contributed by atoms with Crippen molar-refractivity contribution < 1.29 is 4.79 Å². The van der Waals surface area contributed by atoms with Gasteiger partial charge in [-0.15, -0.1) is 0 Å². The van der Waals surface area contributed by atoms with E-state index in [9.17, 15) is 4.79 Å². The van der Waals surface area contributed by atoms with Crippen LogP contribution in [0.25, 0.3) is 0 Å². The van der Waals surface area contributed by atoms with Gasteiger partial charge in [0.15, 0.2) is 0 Å². The number of benzene rings is 2. The molecule has 122 valence electrons. The SMILES string of the molecule is CCC(NC(=O)Cc1ccc(C)cc1C)c1ccc(C)c(C)c1. The van der Waals surface area contributed by atoms with Gasteiger partial charge in [0.1, 0.15) is 0 Å². The van der Waals surface area contributed by atoms with Gasteiger partial charge in [0.05, 0.1) is 12.5 Å². The van der Waals surface area contributed by atoms with E-state index in [0.717, 1.165) is 12.0 Å². The van der Waals surface area contributed by atoms with Crippen molar-refractivity contribution in [3.05, 3.63) is 69.8 Å². The van der Waals surface area contributed by atoms with Gasteiger partial charge in [0.25, 0.3) is 0 Å². The average molecular weight is 309 g/mol. The van der Waals surface area contributed by atoms with Crippen LogP contribution in [0.2, 0.25) is 0 Å². The Morgan fingerprint density at radius 3 is 2.30 bits per heavy atom. The summed E-state index contributed by atoms with van der Waals surface area (Å²) in [5, 5.41) is 3.18. The van der Waals surface area contributed by atoms with Crippen LogP contribution in [0.1, 0.15) is 52.8 Å². The predicted molar refractivity (Wildman–Crippen MR) is 96.7 cm³/mol. The fourth-order valence-corrected chi connectivity index (χ4v) is 2.86. The molecule has 0 aliphatic heterocycles. The Morgan fingerprint density at radius 1 is 0.957 bits per heavy atom. The maximum atomic E-state index is 12.4. The Kier molecular flexibility index (Phi) is 5.59. The van der Waals surface area contributed by atoms with Crippen molar-refractivity contribution in [2.24, 2.45) is 0 Å². The van der Waals surface area contributed by atoms with E-state index in [1.807, 2.05) is 0 Å². The summed E-state index contributed by atoms with van der Waals surface area (Å²) in [5.41, 5.74) is 7.25. The van der Waals surface area contributed by atoms with Crippen molar-refractivity contribution in [1.29, 1.82) is 0 Å². The highest BCUT2D eigenvalue weighted by Crippen LogP contribution is 2.20. The zero-order valence-corrected chi connectivity index (χ0v) is 14.9. The summed E-state index contributed by atoms with van der Waals surface area (Å²) in [6.07, 6.45) is 1.33. The van der Waals surface area contributed by atoms with Gasteiger partial charge in [-0.05, 0) is 61.9 Å². The molecule has 0 saturated heterocycles. The zero-order valence-electron chi connectivity index (χ0n) is 14.9. The highest BCUT2D eigenvalue weighted by Gasteiger charge is 2.14. The highest BCUT2D eigenvalue weighted by molar-refractivity contribution is 5.79. The molecule has 0 saturated carbocycles. The van der Waals surface area contributed by atoms with Crippen LogP contribution in [0.15, 0.2) is 36.4 Å². The summed E-state index contributed by atoms with van der Waals surface area (Å²) in [6.45, 7) is 10.5. The van der Waals surface area contributed by atoms with Crippen molar-refractivity contribution in [3.8, 4) is 0 Å². The maximum absolute atomic E-state index is 12.4. The molecule has 0 radical (unpaired) electrons. The van der Waals surface area contributed by atoms with Crippen LogP contribution in [-0.4, -0.2) is 5.91 Å². The lowest BCUT2D eigenvalue weighted by atomic mass is 9.98. The lowest BCUT2D eigenvalue weighted by molar-refractivity contribution is -0.121. The molecule has 1 atom stereocenters. The summed E-state index contributed by atoms with van der Waals surface area (Å²) in [7, 11) is 0. The number of amides is 1. The van der Waals surface area contributed by atoms with Gasteiger partial charge in [-0.25, -0.2) is 0 Å². The van der Waals surface area contributed by atoms with Crippen molar-refractivity contribution in [2.75, 3.05) is 0 Å². The summed E-state index contributed by atoms with van der Waals surface area (Å²) >= 11 is 0. The molecule has 0 fully saturated rings. The minimum Gasteiger partial charge on any atom is -0.349 e. The number of hydrogen-bond donors (Lipinski definition) is 1. The lowest BCUT2D eigenvalue weighted by Gasteiger charge is -2.19. The van der Waals surface area contributed by atoms with Crippen LogP contribution in [0.3, 0.4) is 0 Å². The van der Waals surface area contributed by atoms with E-state index in [1.54, 1.807) is 0 Å². The summed E-state index contributed by atoms with van der Waals surface area (Å²) in [4.78, 5) is 12.4. The topological polar surface area (TPSA) is 29.1 Å². The number of aryl methyl sites for hydroxylation is 4. The van der Waals surface area contributed by atoms with Gasteiger partial charge in [0, 0.05) is 0 Å². The highest BCUT2D eigenvalue weighted by atomic mass is 16.1. The molecule has 2 rings (SSSR count). The number of carbonyl (C=O) groups is 1. The quantitative estimate of drug-likeness (QED) is 0.850. The molecular weight excluding hydrogens is 282 g/mol. The molecule has 23 heavy (non-hydrogen) atoms. The minimum atomic E-state index is 0.0764. The smallest absolute Gasteiger partial charge is 0.224 e. The first kappa shape index (κ1) is 17.3. The second-order valence-corrected chi connectivity index (χ2v) is 6.48. The van der Waals surface area contributed by atoms with Crippen LogP contribution >= 0.6 is 0 Å². The number of hydrogen-bond acceptors (Lipinski definition) is 1. The van der Waals surface area contributed by atoms with E-state index in [-0.39, 0.29) is 11.9 Å². The van der Waals surface area contributed by atoms with Crippen molar-refractivity contribution in [1.82, 2.24) is 5.32 Å². The monoisotopic (exact) mass is 309 g/mol. The van der Waals surface area contributed by atoms with Gasteiger partial charge in [-0.1, -0.05) is 48.9 Å². The summed E-state index contributed by atoms with van der Waals surface area (Å²) in [5.74, 6) is 0.0852. The van der Waals surface area contributed by atoms with Gasteiger partial charge < -0.3 is 5.32 Å². The Hall–Kier alpha value is -2.09. The first-order valence-electron chi connectivity index (χ1n) is 8.33. The molecule has 2 heteroatoms. The molecular formula is C21H27NO. The average Bonchev–Trinajstić information content (AvgIpc) is 2.50. The van der Waals surface area contributed by atoms with Crippen LogP contribution in [-0.2, 0) is 11.2 Å². The van der Waals surface area contributed by atoms with Crippen LogP contribution < -0.4 is 5.32 Å². The zero-order chi connectivity index (χ0) is 17.0. The molecule has 0 bridgehead atoms. The second kappa shape index (κ2) is 7.45. The first-order chi connectivity index (χ1) is 10.9. The van der Waals surface area contributed by atoms with Crippen molar-refractivity contribution in [3.63, 3.8) is 0 Å². The standard InChI is InChI=1S/C21H27NO/c1-6-20(19-10-8-15(3)16(4)12-19)22-21(23)13-18-9-7-14(2)11-17(18)5/h7-12,20H,6,13H2,1-5H3,(H,22,23). The molecule has 0 aliphatic rings. The van der Waals surface area contributed by atoms with E-state index in [1.165, 1.54) is 27.8 Å². The largest absolute Gasteiger partial charge is 0.349 e. The number of nitrogens with one attached hydrogen (secondary N) is 1. The van der Waals surface area contributed by atoms with Crippen LogP contribution in [0.5, 0.6) is 0 Å². The Bertz CT molecular complexity index is 703. The summed E-state index contributed by atoms with van der Waals surface area (Å²) < 4.78 is 0. The second-order valence-electron chi connectivity index (χ2n) is 6.48. The molecule has 0 aliphatic carbocycles. The van der Waals surface area contributed by atoms with E-state index in [2.05, 4.69) is 76.3 Å². The number of carbonyl (C=O) groups excluding carboxylic acids is 1. The number of rotatable bonds is 5. The van der Waals surface area contributed by atoms with Crippen molar-refractivity contribution in [2.45, 2.75) is 53.5 Å². The third kappa shape index (κ3) is 4.44. The molecule has 0 spiro atoms. The molecule has 0 heterocycles. The van der Waals surface area contributed by atoms with E-state index in [0.29, 0.717) is 6.42 Å². The van der Waals surface area contributed by atoms with Crippen LogP contribution in [0.4, 0.5) is 0 Å². The van der Waals surface area contributed by atoms with Crippen LogP contribution in [0, 0.1) is 27.7 Å². The third-order valence-corrected chi connectivity index (χ3v) is 4.53. The molecule has 1 amide bonds. The van der Waals surface area contributed by atoms with E-state index in [4.69, 9.17) is 0 Å². The molecule has 1 unspecified atom stereocenters. The molecule has 2 nitrogen and oxygen atoms in total. The van der Waals surface area contributed by atoms with Gasteiger partial charge >= 0.3 is 0 Å². The lowest BCUT2D eigenvalue weighted by Crippen LogP contribution is -2.29.